The molecule has 0 fully saturated rings. The Bertz CT molecular complexity index is 467. The fourth-order valence-corrected chi connectivity index (χ4v) is 1.96. The molecule has 0 radical (unpaired) electrons. The molecule has 0 saturated carbocycles. The largest absolute Gasteiger partial charge is 0.355 e. The molecule has 1 aromatic carbocycles. The summed E-state index contributed by atoms with van der Waals surface area (Å²) in [6, 6.07) is 6.70. The van der Waals surface area contributed by atoms with Crippen LogP contribution in [-0.4, -0.2) is 38.0 Å². The van der Waals surface area contributed by atoms with Crippen LogP contribution in [-0.2, 0) is 4.79 Å². The smallest absolute Gasteiger partial charge is 0.251 e. The van der Waals surface area contributed by atoms with Gasteiger partial charge >= 0.3 is 0 Å². The maximum Gasteiger partial charge on any atom is 0.251 e. The third-order valence-electron chi connectivity index (χ3n) is 3.02. The van der Waals surface area contributed by atoms with Gasteiger partial charge in [0.15, 0.2) is 0 Å². The van der Waals surface area contributed by atoms with Crippen LogP contribution in [0.1, 0.15) is 36.5 Å². The van der Waals surface area contributed by atoms with Crippen molar-refractivity contribution in [2.75, 3.05) is 26.2 Å². The lowest BCUT2D eigenvalue weighted by molar-refractivity contribution is -0.121. The number of amides is 2. The molecule has 0 aliphatic rings. The Hall–Kier alpha value is -1.30. The zero-order chi connectivity index (χ0) is 16.2. The highest BCUT2D eigenvalue weighted by Crippen LogP contribution is 2.09. The van der Waals surface area contributed by atoms with Crippen LogP contribution in [0.5, 0.6) is 0 Å². The Morgan fingerprint density at radius 1 is 1.00 bits per heavy atom. The molecule has 0 unspecified atom stereocenters. The predicted molar refractivity (Wildman–Crippen MR) is 96.4 cm³/mol. The molecule has 0 spiro atoms. The van der Waals surface area contributed by atoms with E-state index in [1.54, 1.807) is 24.3 Å². The molecule has 5 nitrogen and oxygen atoms in total. The standard InChI is InChI=1S/C16H24ClN3O2.ClH/c1-2-9-18-11-12-19-15(21)4-3-10-20-16(22)13-5-7-14(17)8-6-13;/h5-8,18H,2-4,9-12H2,1H3,(H,19,21)(H,20,22);1H. The molecular weight excluding hydrogens is 337 g/mol. The van der Waals surface area contributed by atoms with Gasteiger partial charge in [-0.1, -0.05) is 18.5 Å². The van der Waals surface area contributed by atoms with Crippen molar-refractivity contribution in [1.82, 2.24) is 16.0 Å². The van der Waals surface area contributed by atoms with E-state index in [-0.39, 0.29) is 24.2 Å². The minimum atomic E-state index is -0.152. The number of carbonyl (C=O) groups is 2. The molecular formula is C16H25Cl2N3O2. The maximum atomic E-state index is 11.8. The van der Waals surface area contributed by atoms with E-state index >= 15 is 0 Å². The van der Waals surface area contributed by atoms with Crippen LogP contribution in [0.4, 0.5) is 0 Å². The number of benzene rings is 1. The zero-order valence-corrected chi connectivity index (χ0v) is 14.9. The van der Waals surface area contributed by atoms with E-state index in [1.807, 2.05) is 0 Å². The highest BCUT2D eigenvalue weighted by atomic mass is 35.5. The van der Waals surface area contributed by atoms with Crippen LogP contribution in [0.3, 0.4) is 0 Å². The first kappa shape index (κ1) is 21.7. The number of hydrogen-bond donors (Lipinski definition) is 3. The molecule has 1 rings (SSSR count). The zero-order valence-electron chi connectivity index (χ0n) is 13.4. The molecule has 1 aromatic rings. The minimum Gasteiger partial charge on any atom is -0.355 e. The molecule has 7 heteroatoms. The third-order valence-corrected chi connectivity index (χ3v) is 3.28. The summed E-state index contributed by atoms with van der Waals surface area (Å²) in [5.74, 6) is -0.139. The Balaban J connectivity index is 0.00000484. The maximum absolute atomic E-state index is 11.8. The fourth-order valence-electron chi connectivity index (χ4n) is 1.83. The van der Waals surface area contributed by atoms with Crippen molar-refractivity contribution in [3.63, 3.8) is 0 Å². The molecule has 130 valence electrons. The van der Waals surface area contributed by atoms with Gasteiger partial charge in [-0.2, -0.15) is 0 Å². The Labute approximate surface area is 149 Å². The predicted octanol–water partition coefficient (Wildman–Crippen LogP) is 2.39. The molecule has 0 saturated heterocycles. The number of carbonyl (C=O) groups excluding carboxylic acids is 2. The van der Waals surface area contributed by atoms with Crippen molar-refractivity contribution in [3.05, 3.63) is 34.9 Å². The SMILES string of the molecule is CCCNCCNC(=O)CCCNC(=O)c1ccc(Cl)cc1.Cl. The first-order valence-electron chi connectivity index (χ1n) is 7.64. The van der Waals surface area contributed by atoms with Gasteiger partial charge in [0.2, 0.25) is 5.91 Å². The number of nitrogens with one attached hydrogen (secondary N) is 3. The highest BCUT2D eigenvalue weighted by molar-refractivity contribution is 6.30. The topological polar surface area (TPSA) is 70.2 Å². The van der Waals surface area contributed by atoms with Crippen molar-refractivity contribution < 1.29 is 9.59 Å². The highest BCUT2D eigenvalue weighted by Gasteiger charge is 2.05. The van der Waals surface area contributed by atoms with E-state index in [2.05, 4.69) is 22.9 Å². The summed E-state index contributed by atoms with van der Waals surface area (Å²) >= 11 is 5.77. The average molecular weight is 362 g/mol. The van der Waals surface area contributed by atoms with Crippen molar-refractivity contribution in [2.24, 2.45) is 0 Å². The summed E-state index contributed by atoms with van der Waals surface area (Å²) in [6.45, 7) is 4.96. The van der Waals surface area contributed by atoms with Crippen LogP contribution >= 0.6 is 24.0 Å². The van der Waals surface area contributed by atoms with E-state index in [1.165, 1.54) is 0 Å². The Morgan fingerprint density at radius 3 is 2.35 bits per heavy atom. The summed E-state index contributed by atoms with van der Waals surface area (Å²) in [7, 11) is 0. The van der Waals surface area contributed by atoms with Gasteiger partial charge in [-0.3, -0.25) is 9.59 Å². The van der Waals surface area contributed by atoms with E-state index in [4.69, 9.17) is 11.6 Å². The number of rotatable bonds is 10. The number of halogens is 2. The second kappa shape index (κ2) is 13.2. The fraction of sp³-hybridized carbons (Fsp3) is 0.500. The molecule has 3 N–H and O–H groups in total. The average Bonchev–Trinajstić information content (AvgIpc) is 2.52. The van der Waals surface area contributed by atoms with Crippen LogP contribution in [0.2, 0.25) is 5.02 Å². The lowest BCUT2D eigenvalue weighted by Gasteiger charge is -2.07. The lowest BCUT2D eigenvalue weighted by atomic mass is 10.2. The van der Waals surface area contributed by atoms with Crippen LogP contribution in [0.15, 0.2) is 24.3 Å². The Kier molecular flexibility index (Phi) is 12.4. The van der Waals surface area contributed by atoms with Crippen LogP contribution < -0.4 is 16.0 Å². The van der Waals surface area contributed by atoms with Gasteiger partial charge in [0.05, 0.1) is 0 Å². The normalized spacial score (nSPS) is 9.83. The summed E-state index contributed by atoms with van der Waals surface area (Å²) in [6.07, 6.45) is 2.11. The molecule has 0 aliphatic carbocycles. The summed E-state index contributed by atoms with van der Waals surface area (Å²) in [5.41, 5.74) is 0.566. The monoisotopic (exact) mass is 361 g/mol. The molecule has 0 bridgehead atoms. The lowest BCUT2D eigenvalue weighted by Crippen LogP contribution is -2.32. The van der Waals surface area contributed by atoms with Gasteiger partial charge < -0.3 is 16.0 Å². The second-order valence-electron chi connectivity index (χ2n) is 4.97. The minimum absolute atomic E-state index is 0. The van der Waals surface area contributed by atoms with Crippen molar-refractivity contribution in [1.29, 1.82) is 0 Å². The molecule has 0 aromatic heterocycles. The third kappa shape index (κ3) is 10.2. The van der Waals surface area contributed by atoms with E-state index in [0.29, 0.717) is 36.5 Å². The summed E-state index contributed by atoms with van der Waals surface area (Å²) < 4.78 is 0. The second-order valence-corrected chi connectivity index (χ2v) is 5.40. The van der Waals surface area contributed by atoms with E-state index in [9.17, 15) is 9.59 Å². The van der Waals surface area contributed by atoms with Gasteiger partial charge in [0, 0.05) is 36.6 Å². The van der Waals surface area contributed by atoms with E-state index in [0.717, 1.165) is 19.5 Å². The summed E-state index contributed by atoms with van der Waals surface area (Å²) in [5, 5.41) is 9.43. The molecule has 2 amide bonds. The van der Waals surface area contributed by atoms with Crippen molar-refractivity contribution in [3.8, 4) is 0 Å². The summed E-state index contributed by atoms with van der Waals surface area (Å²) in [4.78, 5) is 23.4. The number of hydrogen-bond acceptors (Lipinski definition) is 3. The van der Waals surface area contributed by atoms with Gasteiger partial charge in [-0.15, -0.1) is 12.4 Å². The van der Waals surface area contributed by atoms with Crippen LogP contribution in [0.25, 0.3) is 0 Å². The van der Waals surface area contributed by atoms with E-state index < -0.39 is 0 Å². The molecule has 0 aliphatic heterocycles. The van der Waals surface area contributed by atoms with Gasteiger partial charge in [0.25, 0.3) is 5.91 Å². The van der Waals surface area contributed by atoms with Gasteiger partial charge in [-0.25, -0.2) is 0 Å². The first-order valence-corrected chi connectivity index (χ1v) is 8.02. The van der Waals surface area contributed by atoms with Gasteiger partial charge in [-0.05, 0) is 43.7 Å². The molecule has 0 heterocycles. The Morgan fingerprint density at radius 2 is 1.70 bits per heavy atom. The molecule has 23 heavy (non-hydrogen) atoms. The first-order chi connectivity index (χ1) is 10.6. The van der Waals surface area contributed by atoms with Crippen molar-refractivity contribution >= 4 is 35.8 Å². The van der Waals surface area contributed by atoms with Gasteiger partial charge in [0.1, 0.15) is 0 Å². The van der Waals surface area contributed by atoms with Crippen LogP contribution in [0, 0.1) is 0 Å². The van der Waals surface area contributed by atoms with Crippen molar-refractivity contribution in [2.45, 2.75) is 26.2 Å². The quantitative estimate of drug-likeness (QED) is 0.560. The molecule has 0 atom stereocenters.